The number of aromatic nitrogens is 2. The van der Waals surface area contributed by atoms with Crippen molar-refractivity contribution in [2.45, 2.75) is 6.54 Å². The van der Waals surface area contributed by atoms with Gasteiger partial charge in [-0.3, -0.25) is 9.69 Å². The molecule has 2 aromatic carbocycles. The number of amides is 3. The van der Waals surface area contributed by atoms with Gasteiger partial charge in [0.15, 0.2) is 11.5 Å². The molecule has 2 heterocycles. The second-order valence-corrected chi connectivity index (χ2v) is 6.87. The average molecular weight is 409 g/mol. The minimum absolute atomic E-state index is 0.0111. The van der Waals surface area contributed by atoms with Crippen molar-refractivity contribution in [3.05, 3.63) is 48.3 Å². The second-order valence-electron chi connectivity index (χ2n) is 6.87. The monoisotopic (exact) mass is 409 g/mol. The Labute approximate surface area is 173 Å². The van der Waals surface area contributed by atoms with E-state index in [9.17, 15) is 9.59 Å². The molecular formula is C21H23N5O4. The number of urea groups is 1. The van der Waals surface area contributed by atoms with Gasteiger partial charge in [-0.15, -0.1) is 0 Å². The minimum atomic E-state index is -0.238. The maximum absolute atomic E-state index is 12.8. The van der Waals surface area contributed by atoms with Gasteiger partial charge < -0.3 is 24.7 Å². The van der Waals surface area contributed by atoms with E-state index < -0.39 is 0 Å². The first-order chi connectivity index (χ1) is 14.6. The average Bonchev–Trinajstić information content (AvgIpc) is 3.35. The molecule has 0 unspecified atom stereocenters. The van der Waals surface area contributed by atoms with E-state index in [1.54, 1.807) is 37.3 Å². The number of aromatic amines is 1. The zero-order valence-electron chi connectivity index (χ0n) is 16.8. The largest absolute Gasteiger partial charge is 0.493 e. The molecule has 0 saturated carbocycles. The van der Waals surface area contributed by atoms with Crippen molar-refractivity contribution in [3.63, 3.8) is 0 Å². The molecule has 2 N–H and O–H groups in total. The number of methoxy groups -OCH3 is 2. The molecular weight excluding hydrogens is 386 g/mol. The van der Waals surface area contributed by atoms with E-state index in [-0.39, 0.29) is 25.0 Å². The molecule has 3 amide bonds. The van der Waals surface area contributed by atoms with E-state index >= 15 is 0 Å². The summed E-state index contributed by atoms with van der Waals surface area (Å²) in [4.78, 5) is 35.9. The fourth-order valence-corrected chi connectivity index (χ4v) is 3.46. The summed E-state index contributed by atoms with van der Waals surface area (Å²) in [6.45, 7) is 1.22. The number of anilines is 1. The van der Waals surface area contributed by atoms with Crippen LogP contribution in [0.25, 0.3) is 11.0 Å². The summed E-state index contributed by atoms with van der Waals surface area (Å²) in [6.07, 6.45) is 0. The smallest absolute Gasteiger partial charge is 0.325 e. The summed E-state index contributed by atoms with van der Waals surface area (Å²) in [7, 11) is 3.11. The second kappa shape index (κ2) is 8.32. The SMILES string of the molecule is COc1ccc(N2CCN(CC(=O)NCc3nc4ccccc4[nH]3)C2=O)cc1OC. The summed E-state index contributed by atoms with van der Waals surface area (Å²) < 4.78 is 10.5. The van der Waals surface area contributed by atoms with Gasteiger partial charge in [0.1, 0.15) is 12.4 Å². The molecule has 0 atom stereocenters. The number of hydrogen-bond donors (Lipinski definition) is 2. The van der Waals surface area contributed by atoms with Crippen LogP contribution < -0.4 is 19.7 Å². The number of carbonyl (C=O) groups excluding carboxylic acids is 2. The van der Waals surface area contributed by atoms with Gasteiger partial charge >= 0.3 is 6.03 Å². The molecule has 1 aromatic heterocycles. The first-order valence-electron chi connectivity index (χ1n) is 9.58. The van der Waals surface area contributed by atoms with E-state index in [2.05, 4.69) is 15.3 Å². The highest BCUT2D eigenvalue weighted by Gasteiger charge is 2.31. The molecule has 3 aromatic rings. The number of rotatable bonds is 7. The number of nitrogens with one attached hydrogen (secondary N) is 2. The number of hydrogen-bond acceptors (Lipinski definition) is 5. The van der Waals surface area contributed by atoms with Crippen molar-refractivity contribution in [1.29, 1.82) is 0 Å². The molecule has 1 aliphatic rings. The maximum Gasteiger partial charge on any atom is 0.325 e. The highest BCUT2D eigenvalue weighted by Crippen LogP contribution is 2.32. The van der Waals surface area contributed by atoms with Crippen LogP contribution in [0.2, 0.25) is 0 Å². The van der Waals surface area contributed by atoms with E-state index in [1.165, 1.54) is 4.90 Å². The van der Waals surface area contributed by atoms with Crippen LogP contribution in [0, 0.1) is 0 Å². The lowest BCUT2D eigenvalue weighted by molar-refractivity contribution is -0.121. The van der Waals surface area contributed by atoms with Gasteiger partial charge in [-0.05, 0) is 24.3 Å². The Morgan fingerprint density at radius 1 is 1.13 bits per heavy atom. The lowest BCUT2D eigenvalue weighted by atomic mass is 10.2. The molecule has 0 radical (unpaired) electrons. The highest BCUT2D eigenvalue weighted by atomic mass is 16.5. The number of ether oxygens (including phenoxy) is 2. The number of nitrogens with zero attached hydrogens (tertiary/aromatic N) is 3. The molecule has 9 heteroatoms. The van der Waals surface area contributed by atoms with Gasteiger partial charge in [0, 0.05) is 24.8 Å². The van der Waals surface area contributed by atoms with Crippen LogP contribution >= 0.6 is 0 Å². The van der Waals surface area contributed by atoms with Crippen molar-refractivity contribution < 1.29 is 19.1 Å². The normalized spacial score (nSPS) is 13.7. The van der Waals surface area contributed by atoms with Gasteiger partial charge in [-0.25, -0.2) is 9.78 Å². The van der Waals surface area contributed by atoms with Crippen LogP contribution in [0.5, 0.6) is 11.5 Å². The Bertz CT molecular complexity index is 1050. The molecule has 9 nitrogen and oxygen atoms in total. The van der Waals surface area contributed by atoms with Crippen LogP contribution in [0.3, 0.4) is 0 Å². The third-order valence-electron chi connectivity index (χ3n) is 5.00. The lowest BCUT2D eigenvalue weighted by Crippen LogP contribution is -2.39. The number of imidazole rings is 1. The lowest BCUT2D eigenvalue weighted by Gasteiger charge is -2.19. The van der Waals surface area contributed by atoms with Gasteiger partial charge in [-0.2, -0.15) is 0 Å². The highest BCUT2D eigenvalue weighted by molar-refractivity contribution is 5.96. The molecule has 30 heavy (non-hydrogen) atoms. The summed E-state index contributed by atoms with van der Waals surface area (Å²) in [5.41, 5.74) is 2.46. The van der Waals surface area contributed by atoms with E-state index in [1.807, 2.05) is 24.3 Å². The zero-order valence-corrected chi connectivity index (χ0v) is 16.8. The quantitative estimate of drug-likeness (QED) is 0.623. The fraction of sp³-hybridized carbons (Fsp3) is 0.286. The number of para-hydroxylation sites is 2. The van der Waals surface area contributed by atoms with Crippen LogP contribution in [-0.4, -0.2) is 60.7 Å². The minimum Gasteiger partial charge on any atom is -0.493 e. The molecule has 1 fully saturated rings. The Morgan fingerprint density at radius 2 is 1.93 bits per heavy atom. The number of fused-ring (bicyclic) bond motifs is 1. The van der Waals surface area contributed by atoms with Crippen LogP contribution in [-0.2, 0) is 11.3 Å². The van der Waals surface area contributed by atoms with Gasteiger partial charge in [0.25, 0.3) is 0 Å². The summed E-state index contributed by atoms with van der Waals surface area (Å²) in [5.74, 6) is 1.57. The first-order valence-corrected chi connectivity index (χ1v) is 9.58. The summed E-state index contributed by atoms with van der Waals surface area (Å²) in [6, 6.07) is 12.8. The Hall–Kier alpha value is -3.75. The number of carbonyl (C=O) groups is 2. The molecule has 0 bridgehead atoms. The van der Waals surface area contributed by atoms with Gasteiger partial charge in [0.05, 0.1) is 31.8 Å². The van der Waals surface area contributed by atoms with Crippen LogP contribution in [0.4, 0.5) is 10.5 Å². The third kappa shape index (κ3) is 3.86. The first kappa shape index (κ1) is 19.6. The van der Waals surface area contributed by atoms with Crippen LogP contribution in [0.1, 0.15) is 5.82 Å². The molecule has 0 aliphatic carbocycles. The maximum atomic E-state index is 12.8. The summed E-state index contributed by atoms with van der Waals surface area (Å²) >= 11 is 0. The van der Waals surface area contributed by atoms with Crippen LogP contribution in [0.15, 0.2) is 42.5 Å². The molecule has 156 valence electrons. The standard InChI is InChI=1S/C21H23N5O4/c1-29-17-8-7-14(11-18(17)30-2)26-10-9-25(21(26)28)13-20(27)22-12-19-23-15-5-3-4-6-16(15)24-19/h3-8,11H,9-10,12-13H2,1-2H3,(H,22,27)(H,23,24). The van der Waals surface area contributed by atoms with Crippen molar-refractivity contribution in [2.75, 3.05) is 38.8 Å². The van der Waals surface area contributed by atoms with Gasteiger partial charge in [-0.1, -0.05) is 12.1 Å². The predicted octanol–water partition coefficient (Wildman–Crippen LogP) is 2.14. The topological polar surface area (TPSA) is 99.8 Å². The number of H-pyrrole nitrogens is 1. The van der Waals surface area contributed by atoms with Crippen molar-refractivity contribution in [1.82, 2.24) is 20.2 Å². The summed E-state index contributed by atoms with van der Waals surface area (Å²) in [5, 5.41) is 2.81. The van der Waals surface area contributed by atoms with Crippen molar-refractivity contribution >= 4 is 28.7 Å². The molecule has 4 rings (SSSR count). The fourth-order valence-electron chi connectivity index (χ4n) is 3.46. The van der Waals surface area contributed by atoms with Gasteiger partial charge in [0.2, 0.25) is 5.91 Å². The van der Waals surface area contributed by atoms with Crippen molar-refractivity contribution in [3.8, 4) is 11.5 Å². The Morgan fingerprint density at radius 3 is 2.70 bits per heavy atom. The Balaban J connectivity index is 1.35. The number of benzene rings is 2. The van der Waals surface area contributed by atoms with Crippen molar-refractivity contribution in [2.24, 2.45) is 0 Å². The van der Waals surface area contributed by atoms with E-state index in [0.717, 1.165) is 11.0 Å². The molecule has 1 aliphatic heterocycles. The Kier molecular flexibility index (Phi) is 5.42. The predicted molar refractivity (Wildman–Crippen MR) is 112 cm³/mol. The third-order valence-corrected chi connectivity index (χ3v) is 5.00. The zero-order chi connectivity index (χ0) is 21.1. The molecule has 1 saturated heterocycles. The van der Waals surface area contributed by atoms with E-state index in [0.29, 0.717) is 36.1 Å². The van der Waals surface area contributed by atoms with E-state index in [4.69, 9.17) is 9.47 Å². The molecule has 0 spiro atoms.